The lowest BCUT2D eigenvalue weighted by Gasteiger charge is -2.27. The second-order valence-electron chi connectivity index (χ2n) is 6.27. The first-order chi connectivity index (χ1) is 10.7. The monoisotopic (exact) mass is 304 g/mol. The summed E-state index contributed by atoms with van der Waals surface area (Å²) in [6.07, 6.45) is 10.2. The highest BCUT2D eigenvalue weighted by Gasteiger charge is 2.22. The van der Waals surface area contributed by atoms with Crippen LogP contribution in [-0.4, -0.2) is 39.6 Å². The Kier molecular flexibility index (Phi) is 4.75. The van der Waals surface area contributed by atoms with Crippen molar-refractivity contribution in [3.8, 4) is 0 Å². The Morgan fingerprint density at radius 3 is 2.82 bits per heavy atom. The van der Waals surface area contributed by atoms with Crippen molar-refractivity contribution >= 4 is 17.6 Å². The molecule has 0 atom stereocenters. The maximum absolute atomic E-state index is 12.2. The number of piperidine rings is 1. The van der Waals surface area contributed by atoms with Crippen molar-refractivity contribution < 1.29 is 9.59 Å². The van der Waals surface area contributed by atoms with Crippen molar-refractivity contribution in [1.29, 1.82) is 0 Å². The number of aromatic nitrogens is 2. The lowest BCUT2D eigenvalue weighted by atomic mass is 9.96. The average molecular weight is 304 g/mol. The fraction of sp³-hybridized carbons (Fsp3) is 0.688. The van der Waals surface area contributed by atoms with E-state index in [1.165, 1.54) is 19.3 Å². The standard InChI is InChI=1S/C16H24N4O2/c21-15(12-19-11-5-4-8-16(19)22)18-14-9-10-17-20(14)13-6-2-1-3-7-13/h9-10,13H,1-8,11-12H2,(H,18,21). The highest BCUT2D eigenvalue weighted by Crippen LogP contribution is 2.29. The molecule has 3 rings (SSSR count). The quantitative estimate of drug-likeness (QED) is 0.928. The normalized spacial score (nSPS) is 20.2. The Bertz CT molecular complexity index is 534. The van der Waals surface area contributed by atoms with Gasteiger partial charge in [0.25, 0.3) is 0 Å². The molecule has 2 heterocycles. The molecule has 22 heavy (non-hydrogen) atoms. The first kappa shape index (κ1) is 15.1. The van der Waals surface area contributed by atoms with Gasteiger partial charge in [-0.25, -0.2) is 4.68 Å². The van der Waals surface area contributed by atoms with Gasteiger partial charge in [0.15, 0.2) is 0 Å². The SMILES string of the molecule is O=C(CN1CCCCC1=O)Nc1ccnn1C1CCCCC1. The highest BCUT2D eigenvalue weighted by atomic mass is 16.2. The molecule has 2 fully saturated rings. The number of carbonyl (C=O) groups excluding carboxylic acids is 2. The summed E-state index contributed by atoms with van der Waals surface area (Å²) in [5.74, 6) is 0.705. The van der Waals surface area contributed by atoms with Crippen molar-refractivity contribution in [2.45, 2.75) is 57.4 Å². The second kappa shape index (κ2) is 6.94. The third-order valence-electron chi connectivity index (χ3n) is 4.61. The minimum Gasteiger partial charge on any atom is -0.333 e. The van der Waals surface area contributed by atoms with Gasteiger partial charge in [0, 0.05) is 19.0 Å². The van der Waals surface area contributed by atoms with E-state index in [1.54, 1.807) is 11.1 Å². The van der Waals surface area contributed by atoms with Gasteiger partial charge >= 0.3 is 0 Å². The molecule has 2 aliphatic rings. The van der Waals surface area contributed by atoms with E-state index < -0.39 is 0 Å². The molecule has 120 valence electrons. The zero-order valence-corrected chi connectivity index (χ0v) is 13.0. The molecule has 6 nitrogen and oxygen atoms in total. The molecule has 0 radical (unpaired) electrons. The molecule has 1 N–H and O–H groups in total. The molecule has 0 spiro atoms. The lowest BCUT2D eigenvalue weighted by Crippen LogP contribution is -2.41. The first-order valence-corrected chi connectivity index (χ1v) is 8.35. The molecule has 1 aliphatic heterocycles. The summed E-state index contributed by atoms with van der Waals surface area (Å²) >= 11 is 0. The molecule has 0 bridgehead atoms. The predicted molar refractivity (Wildman–Crippen MR) is 83.4 cm³/mol. The zero-order valence-electron chi connectivity index (χ0n) is 13.0. The summed E-state index contributed by atoms with van der Waals surface area (Å²) in [6.45, 7) is 0.836. The number of likely N-dealkylation sites (tertiary alicyclic amines) is 1. The van der Waals surface area contributed by atoms with E-state index >= 15 is 0 Å². The highest BCUT2D eigenvalue weighted by molar-refractivity contribution is 5.94. The minimum atomic E-state index is -0.132. The number of anilines is 1. The van der Waals surface area contributed by atoms with Crippen LogP contribution in [0.2, 0.25) is 0 Å². The maximum atomic E-state index is 12.2. The van der Waals surface area contributed by atoms with Gasteiger partial charge in [-0.15, -0.1) is 0 Å². The maximum Gasteiger partial charge on any atom is 0.245 e. The van der Waals surface area contributed by atoms with Crippen molar-refractivity contribution in [2.75, 3.05) is 18.4 Å². The van der Waals surface area contributed by atoms with Crippen molar-refractivity contribution in [1.82, 2.24) is 14.7 Å². The Hall–Kier alpha value is -1.85. The van der Waals surface area contributed by atoms with Crippen LogP contribution in [0.1, 0.15) is 57.4 Å². The fourth-order valence-corrected chi connectivity index (χ4v) is 3.41. The van der Waals surface area contributed by atoms with E-state index in [0.29, 0.717) is 19.0 Å². The average Bonchev–Trinajstić information content (AvgIpc) is 2.98. The summed E-state index contributed by atoms with van der Waals surface area (Å²) in [4.78, 5) is 25.6. The van der Waals surface area contributed by atoms with Crippen LogP contribution in [0.4, 0.5) is 5.82 Å². The Morgan fingerprint density at radius 2 is 2.05 bits per heavy atom. The Labute approximate surface area is 130 Å². The van der Waals surface area contributed by atoms with Gasteiger partial charge in [0.05, 0.1) is 18.8 Å². The summed E-state index contributed by atoms with van der Waals surface area (Å²) in [5, 5.41) is 7.30. The number of rotatable bonds is 4. The number of hydrogen-bond acceptors (Lipinski definition) is 3. The second-order valence-corrected chi connectivity index (χ2v) is 6.27. The summed E-state index contributed by atoms with van der Waals surface area (Å²) < 4.78 is 1.94. The van der Waals surface area contributed by atoms with Crippen LogP contribution in [0.3, 0.4) is 0 Å². The van der Waals surface area contributed by atoms with E-state index in [1.807, 2.05) is 10.7 Å². The van der Waals surface area contributed by atoms with Crippen molar-refractivity contribution in [2.24, 2.45) is 0 Å². The largest absolute Gasteiger partial charge is 0.333 e. The number of nitrogens with zero attached hydrogens (tertiary/aromatic N) is 3. The molecule has 1 aliphatic carbocycles. The molecule has 1 saturated carbocycles. The van der Waals surface area contributed by atoms with Crippen molar-refractivity contribution in [3.63, 3.8) is 0 Å². The molecular weight excluding hydrogens is 280 g/mol. The van der Waals surface area contributed by atoms with Crippen LogP contribution in [0.5, 0.6) is 0 Å². The molecule has 0 aromatic carbocycles. The van der Waals surface area contributed by atoms with Gasteiger partial charge in [-0.3, -0.25) is 9.59 Å². The predicted octanol–water partition coefficient (Wildman–Crippen LogP) is 2.34. The number of carbonyl (C=O) groups is 2. The third-order valence-corrected chi connectivity index (χ3v) is 4.61. The topological polar surface area (TPSA) is 67.2 Å². The van der Waals surface area contributed by atoms with E-state index in [-0.39, 0.29) is 18.4 Å². The number of amides is 2. The molecule has 0 unspecified atom stereocenters. The lowest BCUT2D eigenvalue weighted by molar-refractivity contribution is -0.136. The van der Waals surface area contributed by atoms with E-state index in [4.69, 9.17) is 0 Å². The Morgan fingerprint density at radius 1 is 1.23 bits per heavy atom. The van der Waals surface area contributed by atoms with Crippen LogP contribution >= 0.6 is 0 Å². The van der Waals surface area contributed by atoms with Crippen LogP contribution in [0.25, 0.3) is 0 Å². The molecule has 1 aromatic heterocycles. The Balaban J connectivity index is 1.59. The molecular formula is C16H24N4O2. The summed E-state index contributed by atoms with van der Waals surface area (Å²) in [5.41, 5.74) is 0. The van der Waals surface area contributed by atoms with Gasteiger partial charge in [-0.05, 0) is 25.7 Å². The van der Waals surface area contributed by atoms with Gasteiger partial charge in [-0.2, -0.15) is 5.10 Å². The first-order valence-electron chi connectivity index (χ1n) is 8.35. The van der Waals surface area contributed by atoms with Crippen LogP contribution < -0.4 is 5.32 Å². The van der Waals surface area contributed by atoms with Gasteiger partial charge in [0.1, 0.15) is 5.82 Å². The van der Waals surface area contributed by atoms with E-state index in [9.17, 15) is 9.59 Å². The number of nitrogens with one attached hydrogen (secondary N) is 1. The summed E-state index contributed by atoms with van der Waals surface area (Å²) in [6, 6.07) is 2.22. The smallest absolute Gasteiger partial charge is 0.245 e. The third kappa shape index (κ3) is 3.48. The fourth-order valence-electron chi connectivity index (χ4n) is 3.41. The van der Waals surface area contributed by atoms with E-state index in [0.717, 1.165) is 31.5 Å². The van der Waals surface area contributed by atoms with E-state index in [2.05, 4.69) is 10.4 Å². The molecule has 6 heteroatoms. The van der Waals surface area contributed by atoms with Crippen LogP contribution in [0, 0.1) is 0 Å². The van der Waals surface area contributed by atoms with Crippen LogP contribution in [-0.2, 0) is 9.59 Å². The zero-order chi connectivity index (χ0) is 15.4. The van der Waals surface area contributed by atoms with Crippen LogP contribution in [0.15, 0.2) is 12.3 Å². The van der Waals surface area contributed by atoms with Gasteiger partial charge < -0.3 is 10.2 Å². The van der Waals surface area contributed by atoms with Gasteiger partial charge in [-0.1, -0.05) is 19.3 Å². The summed E-state index contributed by atoms with van der Waals surface area (Å²) in [7, 11) is 0. The molecule has 1 saturated heterocycles. The van der Waals surface area contributed by atoms with Crippen molar-refractivity contribution in [3.05, 3.63) is 12.3 Å². The molecule has 2 amide bonds. The minimum absolute atomic E-state index is 0.0854. The van der Waals surface area contributed by atoms with Gasteiger partial charge in [0.2, 0.25) is 11.8 Å². The number of hydrogen-bond donors (Lipinski definition) is 1. The molecule has 1 aromatic rings.